The van der Waals surface area contributed by atoms with Crippen LogP contribution in [0.3, 0.4) is 0 Å². The Labute approximate surface area is 159 Å². The van der Waals surface area contributed by atoms with Crippen molar-refractivity contribution in [3.8, 4) is 0 Å². The first kappa shape index (κ1) is 19.3. The number of urea groups is 1. The number of carbonyl (C=O) groups excluding carboxylic acids is 1. The molecule has 0 aliphatic carbocycles. The topological polar surface area (TPSA) is 53.6 Å². The fourth-order valence-corrected chi connectivity index (χ4v) is 2.84. The summed E-state index contributed by atoms with van der Waals surface area (Å²) >= 11 is 5.79. The number of benzene rings is 2. The maximum absolute atomic E-state index is 13.1. The first-order chi connectivity index (χ1) is 12.8. The zero-order valence-electron chi connectivity index (χ0n) is 14.1. The molecule has 3 rings (SSSR count). The molecule has 2 aromatic rings. The second kappa shape index (κ2) is 8.06. The van der Waals surface area contributed by atoms with E-state index in [4.69, 9.17) is 16.3 Å². The molecule has 9 heteroatoms. The highest BCUT2D eigenvalue weighted by Crippen LogP contribution is 2.35. The van der Waals surface area contributed by atoms with Gasteiger partial charge in [-0.15, -0.1) is 0 Å². The number of nitrogens with zero attached hydrogens (tertiary/aromatic N) is 1. The summed E-state index contributed by atoms with van der Waals surface area (Å²) in [4.78, 5) is 14.2. The van der Waals surface area contributed by atoms with Gasteiger partial charge in [0.15, 0.2) is 0 Å². The quantitative estimate of drug-likeness (QED) is 0.776. The fourth-order valence-electron chi connectivity index (χ4n) is 2.71. The lowest BCUT2D eigenvalue weighted by atomic mass is 10.1. The molecule has 1 aliphatic heterocycles. The van der Waals surface area contributed by atoms with Crippen LogP contribution in [0.1, 0.15) is 5.56 Å². The van der Waals surface area contributed by atoms with Crippen LogP contribution in [0.2, 0.25) is 5.02 Å². The summed E-state index contributed by atoms with van der Waals surface area (Å²) in [6.45, 7) is 1.99. The molecule has 1 fully saturated rings. The van der Waals surface area contributed by atoms with Crippen molar-refractivity contribution in [2.45, 2.75) is 6.18 Å². The van der Waals surface area contributed by atoms with Gasteiger partial charge in [-0.2, -0.15) is 13.2 Å². The molecule has 1 aliphatic rings. The number of nitrogens with one attached hydrogen (secondary N) is 2. The van der Waals surface area contributed by atoms with Crippen molar-refractivity contribution in [1.29, 1.82) is 0 Å². The highest BCUT2D eigenvalue weighted by atomic mass is 35.5. The first-order valence-electron chi connectivity index (χ1n) is 8.20. The monoisotopic (exact) mass is 399 g/mol. The van der Waals surface area contributed by atoms with Gasteiger partial charge in [0.1, 0.15) is 0 Å². The molecule has 2 amide bonds. The molecule has 27 heavy (non-hydrogen) atoms. The minimum absolute atomic E-state index is 0.0817. The van der Waals surface area contributed by atoms with Crippen LogP contribution in [-0.4, -0.2) is 32.3 Å². The van der Waals surface area contributed by atoms with Crippen molar-refractivity contribution in [3.05, 3.63) is 53.1 Å². The van der Waals surface area contributed by atoms with E-state index in [0.29, 0.717) is 42.7 Å². The van der Waals surface area contributed by atoms with Gasteiger partial charge in [0, 0.05) is 23.8 Å². The van der Waals surface area contributed by atoms with Crippen molar-refractivity contribution in [2.24, 2.45) is 0 Å². The van der Waals surface area contributed by atoms with Crippen molar-refractivity contribution in [2.75, 3.05) is 41.8 Å². The maximum Gasteiger partial charge on any atom is 0.416 e. The number of amides is 2. The van der Waals surface area contributed by atoms with Crippen LogP contribution in [-0.2, 0) is 10.9 Å². The summed E-state index contributed by atoms with van der Waals surface area (Å²) in [6.07, 6.45) is -4.51. The number of hydrogen-bond acceptors (Lipinski definition) is 3. The molecule has 0 saturated carbocycles. The molecule has 0 spiro atoms. The SMILES string of the molecule is O=C(Nc1ccc(Cl)cc1)Nc1cc(C(F)(F)F)ccc1N1CCOCC1. The second-order valence-electron chi connectivity index (χ2n) is 5.92. The molecule has 2 N–H and O–H groups in total. The molecular formula is C18H17ClF3N3O2. The summed E-state index contributed by atoms with van der Waals surface area (Å²) in [7, 11) is 0. The summed E-state index contributed by atoms with van der Waals surface area (Å²) in [5, 5.41) is 5.60. The molecule has 1 saturated heterocycles. The molecule has 5 nitrogen and oxygen atoms in total. The highest BCUT2D eigenvalue weighted by molar-refractivity contribution is 6.30. The van der Waals surface area contributed by atoms with Crippen LogP contribution in [0.25, 0.3) is 0 Å². The molecule has 2 aromatic carbocycles. The summed E-state index contributed by atoms with van der Waals surface area (Å²) in [5.41, 5.74) is 0.230. The number of halogens is 4. The van der Waals surface area contributed by atoms with Gasteiger partial charge in [-0.05, 0) is 42.5 Å². The third-order valence-electron chi connectivity index (χ3n) is 4.03. The largest absolute Gasteiger partial charge is 0.416 e. The van der Waals surface area contributed by atoms with Crippen LogP contribution >= 0.6 is 11.6 Å². The Kier molecular flexibility index (Phi) is 5.76. The molecule has 0 radical (unpaired) electrons. The summed E-state index contributed by atoms with van der Waals surface area (Å²) in [5.74, 6) is 0. The Morgan fingerprint density at radius 3 is 2.33 bits per heavy atom. The maximum atomic E-state index is 13.1. The average molecular weight is 400 g/mol. The van der Waals surface area contributed by atoms with Gasteiger partial charge < -0.3 is 20.3 Å². The van der Waals surface area contributed by atoms with E-state index in [-0.39, 0.29) is 5.69 Å². The molecule has 1 heterocycles. The smallest absolute Gasteiger partial charge is 0.378 e. The minimum Gasteiger partial charge on any atom is -0.378 e. The molecule has 144 valence electrons. The van der Waals surface area contributed by atoms with Crippen LogP contribution in [0.5, 0.6) is 0 Å². The van der Waals surface area contributed by atoms with E-state index < -0.39 is 17.8 Å². The van der Waals surface area contributed by atoms with Gasteiger partial charge in [0.25, 0.3) is 0 Å². The number of hydrogen-bond donors (Lipinski definition) is 2. The van der Waals surface area contributed by atoms with E-state index in [2.05, 4.69) is 10.6 Å². The van der Waals surface area contributed by atoms with Crippen LogP contribution < -0.4 is 15.5 Å². The normalized spacial score (nSPS) is 14.7. The van der Waals surface area contributed by atoms with Crippen molar-refractivity contribution < 1.29 is 22.7 Å². The first-order valence-corrected chi connectivity index (χ1v) is 8.58. The number of carbonyl (C=O) groups is 1. The number of rotatable bonds is 3. The molecule has 0 unspecified atom stereocenters. The van der Waals surface area contributed by atoms with Crippen LogP contribution in [0.15, 0.2) is 42.5 Å². The number of anilines is 3. The lowest BCUT2D eigenvalue weighted by molar-refractivity contribution is -0.137. The van der Waals surface area contributed by atoms with Gasteiger partial charge in [-0.3, -0.25) is 0 Å². The number of ether oxygens (including phenoxy) is 1. The fraction of sp³-hybridized carbons (Fsp3) is 0.278. The lowest BCUT2D eigenvalue weighted by Crippen LogP contribution is -2.37. The Bertz CT molecular complexity index is 806. The van der Waals surface area contributed by atoms with Crippen molar-refractivity contribution in [3.63, 3.8) is 0 Å². The third-order valence-corrected chi connectivity index (χ3v) is 4.28. The van der Waals surface area contributed by atoms with Crippen LogP contribution in [0, 0.1) is 0 Å². The minimum atomic E-state index is -4.51. The Morgan fingerprint density at radius 1 is 1.04 bits per heavy atom. The Hall–Kier alpha value is -2.45. The average Bonchev–Trinajstić information content (AvgIpc) is 2.63. The standard InChI is InChI=1S/C18H17ClF3N3O2/c19-13-2-4-14(5-3-13)23-17(26)24-15-11-12(18(20,21)22)1-6-16(15)25-7-9-27-10-8-25/h1-6,11H,7-10H2,(H2,23,24,26). The van der Waals surface area contributed by atoms with E-state index >= 15 is 0 Å². The molecule has 0 aromatic heterocycles. The van der Waals surface area contributed by atoms with E-state index in [1.807, 2.05) is 4.90 Å². The van der Waals surface area contributed by atoms with Gasteiger partial charge in [0.05, 0.1) is 30.2 Å². The van der Waals surface area contributed by atoms with Crippen LogP contribution in [0.4, 0.5) is 35.0 Å². The zero-order valence-corrected chi connectivity index (χ0v) is 14.9. The van der Waals surface area contributed by atoms with E-state index in [1.165, 1.54) is 6.07 Å². The molecule has 0 atom stereocenters. The summed E-state index contributed by atoms with van der Waals surface area (Å²) in [6, 6.07) is 9.05. The Morgan fingerprint density at radius 2 is 1.70 bits per heavy atom. The highest BCUT2D eigenvalue weighted by Gasteiger charge is 2.32. The van der Waals surface area contributed by atoms with Crippen molar-refractivity contribution >= 4 is 34.7 Å². The van der Waals surface area contributed by atoms with Gasteiger partial charge >= 0.3 is 12.2 Å². The van der Waals surface area contributed by atoms with Crippen molar-refractivity contribution in [1.82, 2.24) is 0 Å². The second-order valence-corrected chi connectivity index (χ2v) is 6.35. The van der Waals surface area contributed by atoms with Gasteiger partial charge in [-0.25, -0.2) is 4.79 Å². The van der Waals surface area contributed by atoms with Gasteiger partial charge in [-0.1, -0.05) is 11.6 Å². The van der Waals surface area contributed by atoms with E-state index in [1.54, 1.807) is 24.3 Å². The molecule has 0 bridgehead atoms. The lowest BCUT2D eigenvalue weighted by Gasteiger charge is -2.31. The summed E-state index contributed by atoms with van der Waals surface area (Å²) < 4.78 is 44.5. The number of morpholine rings is 1. The third kappa shape index (κ3) is 5.05. The predicted molar refractivity (Wildman–Crippen MR) is 98.6 cm³/mol. The van der Waals surface area contributed by atoms with E-state index in [9.17, 15) is 18.0 Å². The van der Waals surface area contributed by atoms with Gasteiger partial charge in [0.2, 0.25) is 0 Å². The number of alkyl halides is 3. The predicted octanol–water partition coefficient (Wildman–Crippen LogP) is 4.84. The van der Waals surface area contributed by atoms with E-state index in [0.717, 1.165) is 12.1 Å². The molecular weight excluding hydrogens is 383 g/mol. The zero-order chi connectivity index (χ0) is 19.4. The Balaban J connectivity index is 1.83.